The van der Waals surface area contributed by atoms with Crippen molar-refractivity contribution in [1.82, 2.24) is 5.32 Å². The normalized spacial score (nSPS) is 17.9. The highest BCUT2D eigenvalue weighted by Gasteiger charge is 2.15. The second-order valence-electron chi connectivity index (χ2n) is 4.97. The van der Waals surface area contributed by atoms with Crippen molar-refractivity contribution >= 4 is 17.2 Å². The molecule has 4 nitrogen and oxygen atoms in total. The molecule has 21 heavy (non-hydrogen) atoms. The van der Waals surface area contributed by atoms with Crippen LogP contribution in [0.4, 0.5) is 0 Å². The third kappa shape index (κ3) is 5.16. The van der Waals surface area contributed by atoms with Gasteiger partial charge in [-0.05, 0) is 37.1 Å². The third-order valence-corrected chi connectivity index (χ3v) is 4.27. The zero-order valence-electron chi connectivity index (χ0n) is 12.1. The molecule has 2 heterocycles. The largest absolute Gasteiger partial charge is 0.395 e. The number of rotatable bonds is 5. The molecule has 1 fully saturated rings. The minimum Gasteiger partial charge on any atom is -0.395 e. The summed E-state index contributed by atoms with van der Waals surface area (Å²) in [5.74, 6) is 5.70. The molecule has 1 unspecified atom stereocenters. The van der Waals surface area contributed by atoms with Gasteiger partial charge in [0, 0.05) is 25.1 Å². The van der Waals surface area contributed by atoms with Crippen LogP contribution < -0.4 is 5.32 Å². The maximum atomic E-state index is 12.1. The third-order valence-electron chi connectivity index (χ3n) is 3.36. The number of hydrogen-bond donors (Lipinski definition) is 2. The van der Waals surface area contributed by atoms with Gasteiger partial charge in [0.25, 0.3) is 5.91 Å². The van der Waals surface area contributed by atoms with E-state index in [0.717, 1.165) is 31.4 Å². The summed E-state index contributed by atoms with van der Waals surface area (Å²) in [6, 6.07) is 1.84. The highest BCUT2D eigenvalue weighted by molar-refractivity contribution is 7.12. The van der Waals surface area contributed by atoms with Crippen molar-refractivity contribution in [1.29, 1.82) is 0 Å². The van der Waals surface area contributed by atoms with Gasteiger partial charge in [0.05, 0.1) is 12.7 Å². The van der Waals surface area contributed by atoms with E-state index in [1.54, 1.807) is 0 Å². The summed E-state index contributed by atoms with van der Waals surface area (Å²) < 4.78 is 5.64. The van der Waals surface area contributed by atoms with E-state index in [-0.39, 0.29) is 18.6 Å². The van der Waals surface area contributed by atoms with E-state index in [4.69, 9.17) is 9.84 Å². The minimum atomic E-state index is -0.0749. The number of aliphatic hydroxyl groups is 1. The van der Waals surface area contributed by atoms with Crippen LogP contribution in [0.3, 0.4) is 0 Å². The van der Waals surface area contributed by atoms with E-state index >= 15 is 0 Å². The van der Waals surface area contributed by atoms with Crippen molar-refractivity contribution in [2.24, 2.45) is 0 Å². The van der Waals surface area contributed by atoms with Gasteiger partial charge in [-0.25, -0.2) is 0 Å². The van der Waals surface area contributed by atoms with E-state index in [9.17, 15) is 4.79 Å². The van der Waals surface area contributed by atoms with Crippen molar-refractivity contribution in [3.05, 3.63) is 21.9 Å². The van der Waals surface area contributed by atoms with Gasteiger partial charge in [0.15, 0.2) is 0 Å². The molecule has 0 aromatic carbocycles. The van der Waals surface area contributed by atoms with Gasteiger partial charge in [-0.1, -0.05) is 11.8 Å². The van der Waals surface area contributed by atoms with Crippen LogP contribution in [0, 0.1) is 11.8 Å². The number of nitrogens with one attached hydrogen (secondary N) is 1. The lowest BCUT2D eigenvalue weighted by Crippen LogP contribution is -2.29. The summed E-state index contributed by atoms with van der Waals surface area (Å²) in [6.45, 7) is 1.51. The van der Waals surface area contributed by atoms with Gasteiger partial charge in [0.1, 0.15) is 4.88 Å². The Morgan fingerprint density at radius 3 is 3.19 bits per heavy atom. The van der Waals surface area contributed by atoms with Crippen molar-refractivity contribution in [2.75, 3.05) is 19.8 Å². The lowest BCUT2D eigenvalue weighted by atomic mass is 10.1. The van der Waals surface area contributed by atoms with Crippen LogP contribution in [0.1, 0.15) is 47.3 Å². The monoisotopic (exact) mass is 307 g/mol. The van der Waals surface area contributed by atoms with E-state index in [1.807, 2.05) is 11.4 Å². The minimum absolute atomic E-state index is 0.0417. The number of thiophene rings is 1. The van der Waals surface area contributed by atoms with Gasteiger partial charge in [-0.2, -0.15) is 0 Å². The lowest BCUT2D eigenvalue weighted by molar-refractivity contribution is 0.0117. The van der Waals surface area contributed by atoms with Gasteiger partial charge in [-0.3, -0.25) is 4.79 Å². The molecule has 1 atom stereocenters. The number of hydrogen-bond acceptors (Lipinski definition) is 4. The Morgan fingerprint density at radius 2 is 2.43 bits per heavy atom. The molecular formula is C16H21NO3S. The van der Waals surface area contributed by atoms with Gasteiger partial charge in [-0.15, -0.1) is 11.3 Å². The molecule has 2 rings (SSSR count). The zero-order valence-corrected chi connectivity index (χ0v) is 12.9. The summed E-state index contributed by atoms with van der Waals surface area (Å²) in [4.78, 5) is 12.8. The molecular weight excluding hydrogens is 286 g/mol. The van der Waals surface area contributed by atoms with Crippen LogP contribution in [0.5, 0.6) is 0 Å². The van der Waals surface area contributed by atoms with Crippen molar-refractivity contribution in [3.8, 4) is 11.8 Å². The predicted octanol–water partition coefficient (Wildman–Crippen LogP) is 2.17. The quantitative estimate of drug-likeness (QED) is 0.820. The Balaban J connectivity index is 1.80. The molecule has 0 radical (unpaired) electrons. The molecule has 1 aromatic heterocycles. The molecule has 1 aliphatic rings. The van der Waals surface area contributed by atoms with Crippen LogP contribution >= 0.6 is 11.3 Å². The zero-order chi connectivity index (χ0) is 14.9. The van der Waals surface area contributed by atoms with Crippen LogP contribution in [0.15, 0.2) is 11.4 Å². The van der Waals surface area contributed by atoms with Crippen LogP contribution in [0.25, 0.3) is 0 Å². The number of ether oxygens (including phenoxy) is 1. The fraction of sp³-hybridized carbons (Fsp3) is 0.562. The molecule has 0 aliphatic carbocycles. The molecule has 1 aromatic rings. The fourth-order valence-corrected chi connectivity index (χ4v) is 3.02. The van der Waals surface area contributed by atoms with Gasteiger partial charge in [0.2, 0.25) is 0 Å². The Hall–Kier alpha value is -1.35. The smallest absolute Gasteiger partial charge is 0.262 e. The molecule has 0 spiro atoms. The molecule has 114 valence electrons. The second kappa shape index (κ2) is 8.83. The molecule has 0 bridgehead atoms. The van der Waals surface area contributed by atoms with Crippen molar-refractivity contribution in [3.63, 3.8) is 0 Å². The van der Waals surface area contributed by atoms with Crippen molar-refractivity contribution < 1.29 is 14.6 Å². The van der Waals surface area contributed by atoms with Crippen molar-refractivity contribution in [2.45, 2.75) is 38.2 Å². The summed E-state index contributed by atoms with van der Waals surface area (Å²) in [5.41, 5.74) is 0.736. The van der Waals surface area contributed by atoms with E-state index < -0.39 is 0 Å². The predicted molar refractivity (Wildman–Crippen MR) is 83.4 cm³/mol. The first-order valence-electron chi connectivity index (χ1n) is 7.38. The first-order chi connectivity index (χ1) is 10.3. The van der Waals surface area contributed by atoms with Crippen LogP contribution in [0.2, 0.25) is 0 Å². The first-order valence-corrected chi connectivity index (χ1v) is 8.26. The molecule has 1 aliphatic heterocycles. The fourth-order valence-electron chi connectivity index (χ4n) is 2.26. The lowest BCUT2D eigenvalue weighted by Gasteiger charge is -2.22. The average molecular weight is 307 g/mol. The Bertz CT molecular complexity index is 509. The second-order valence-corrected chi connectivity index (χ2v) is 5.89. The number of carbonyl (C=O) groups is 1. The molecule has 1 saturated heterocycles. The summed E-state index contributed by atoms with van der Waals surface area (Å²) in [5, 5.41) is 13.5. The Labute approximate surface area is 129 Å². The number of carbonyl (C=O) groups excluding carboxylic acids is 1. The molecule has 1 amide bonds. The van der Waals surface area contributed by atoms with Crippen LogP contribution in [-0.2, 0) is 4.74 Å². The van der Waals surface area contributed by atoms with E-state index in [1.165, 1.54) is 17.8 Å². The summed E-state index contributed by atoms with van der Waals surface area (Å²) in [6.07, 6.45) is 5.03. The highest BCUT2D eigenvalue weighted by atomic mass is 32.1. The SMILES string of the molecule is O=C(NCCC1CCCCO1)c1sccc1C#CCCO. The van der Waals surface area contributed by atoms with E-state index in [0.29, 0.717) is 17.8 Å². The van der Waals surface area contributed by atoms with Crippen LogP contribution in [-0.4, -0.2) is 36.9 Å². The molecule has 2 N–H and O–H groups in total. The standard InChI is InChI=1S/C16H21NO3S/c18-10-3-1-5-13-8-12-21-15(13)16(19)17-9-7-14-6-2-4-11-20-14/h8,12,14,18H,2-4,6-7,9-11H2,(H,17,19). The van der Waals surface area contributed by atoms with Gasteiger partial charge >= 0.3 is 0 Å². The Kier molecular flexibility index (Phi) is 6.74. The molecule has 0 saturated carbocycles. The number of aliphatic hydroxyl groups excluding tert-OH is 1. The van der Waals surface area contributed by atoms with E-state index in [2.05, 4.69) is 17.2 Å². The Morgan fingerprint density at radius 1 is 1.52 bits per heavy atom. The van der Waals surface area contributed by atoms with Gasteiger partial charge < -0.3 is 15.2 Å². The summed E-state index contributed by atoms with van der Waals surface area (Å²) in [7, 11) is 0. The highest BCUT2D eigenvalue weighted by Crippen LogP contribution is 2.17. The summed E-state index contributed by atoms with van der Waals surface area (Å²) >= 11 is 1.39. The maximum Gasteiger partial charge on any atom is 0.262 e. The number of amides is 1. The topological polar surface area (TPSA) is 58.6 Å². The first kappa shape index (κ1) is 16.0. The molecule has 5 heteroatoms. The average Bonchev–Trinajstić information content (AvgIpc) is 2.97. The maximum absolute atomic E-state index is 12.1.